The van der Waals surface area contributed by atoms with E-state index < -0.39 is 0 Å². The fourth-order valence-corrected chi connectivity index (χ4v) is 1.54. The van der Waals surface area contributed by atoms with Gasteiger partial charge in [0.2, 0.25) is 0 Å². The molecule has 0 aliphatic heterocycles. The summed E-state index contributed by atoms with van der Waals surface area (Å²) in [6.07, 6.45) is 1.45. The normalized spacial score (nSPS) is 10.2. The average molecular weight is 191 g/mol. The summed E-state index contributed by atoms with van der Waals surface area (Å²) < 4.78 is 0. The summed E-state index contributed by atoms with van der Waals surface area (Å²) in [6, 6.07) is 5.87. The molecule has 14 heavy (non-hydrogen) atoms. The lowest BCUT2D eigenvalue weighted by Crippen LogP contribution is -2.08. The van der Waals surface area contributed by atoms with E-state index in [9.17, 15) is 4.79 Å². The van der Waals surface area contributed by atoms with Crippen LogP contribution in [0.5, 0.6) is 0 Å². The molecule has 0 heterocycles. The van der Waals surface area contributed by atoms with Crippen LogP contribution in [0, 0.1) is 6.92 Å². The van der Waals surface area contributed by atoms with Gasteiger partial charge in [-0.15, -0.1) is 0 Å². The maximum atomic E-state index is 11.5. The van der Waals surface area contributed by atoms with Gasteiger partial charge < -0.3 is 5.73 Å². The molecule has 0 saturated carbocycles. The molecular formula is C12H17NO. The van der Waals surface area contributed by atoms with Gasteiger partial charge in [-0.25, -0.2) is 0 Å². The largest absolute Gasteiger partial charge is 0.330 e. The Bertz CT molecular complexity index is 331. The molecule has 0 aromatic heterocycles. The van der Waals surface area contributed by atoms with Crippen LogP contribution in [0.4, 0.5) is 0 Å². The van der Waals surface area contributed by atoms with Gasteiger partial charge in [-0.05, 0) is 37.1 Å². The Hall–Kier alpha value is -1.15. The topological polar surface area (TPSA) is 43.1 Å². The van der Waals surface area contributed by atoms with Crippen molar-refractivity contribution in [1.82, 2.24) is 0 Å². The van der Waals surface area contributed by atoms with Crippen molar-refractivity contribution in [2.45, 2.75) is 26.7 Å². The van der Waals surface area contributed by atoms with Crippen LogP contribution in [-0.4, -0.2) is 12.3 Å². The second-order valence-corrected chi connectivity index (χ2v) is 3.46. The quantitative estimate of drug-likeness (QED) is 0.740. The molecule has 0 saturated heterocycles. The molecule has 0 unspecified atom stereocenters. The van der Waals surface area contributed by atoms with Gasteiger partial charge in [0.05, 0.1) is 0 Å². The monoisotopic (exact) mass is 191 g/mol. The Morgan fingerprint density at radius 2 is 2.14 bits per heavy atom. The lowest BCUT2D eigenvalue weighted by Gasteiger charge is -2.05. The molecule has 0 atom stereocenters. The molecule has 0 amide bonds. The van der Waals surface area contributed by atoms with E-state index in [1.54, 1.807) is 0 Å². The first-order valence-corrected chi connectivity index (χ1v) is 5.01. The zero-order valence-corrected chi connectivity index (χ0v) is 8.84. The fraction of sp³-hybridized carbons (Fsp3) is 0.417. The van der Waals surface area contributed by atoms with Gasteiger partial charge >= 0.3 is 0 Å². The molecule has 1 aromatic carbocycles. The summed E-state index contributed by atoms with van der Waals surface area (Å²) in [7, 11) is 0. The molecule has 0 radical (unpaired) electrons. The van der Waals surface area contributed by atoms with Crippen molar-refractivity contribution in [2.24, 2.45) is 5.73 Å². The molecule has 0 aliphatic carbocycles. The number of carbonyl (C=O) groups is 1. The maximum Gasteiger partial charge on any atom is 0.164 e. The van der Waals surface area contributed by atoms with Crippen molar-refractivity contribution in [3.8, 4) is 0 Å². The van der Waals surface area contributed by atoms with Crippen LogP contribution in [-0.2, 0) is 6.42 Å². The summed E-state index contributed by atoms with van der Waals surface area (Å²) in [6.45, 7) is 4.58. The van der Waals surface area contributed by atoms with Crippen molar-refractivity contribution in [1.29, 1.82) is 0 Å². The SMILES string of the molecule is CCc1ccc(C(=O)CCN)cc1C. The van der Waals surface area contributed by atoms with E-state index in [2.05, 4.69) is 6.92 Å². The smallest absolute Gasteiger partial charge is 0.164 e. The van der Waals surface area contributed by atoms with E-state index in [4.69, 9.17) is 5.73 Å². The number of Topliss-reactive ketones (excluding diaryl/α,β-unsaturated/α-hetero) is 1. The number of benzene rings is 1. The number of rotatable bonds is 4. The zero-order chi connectivity index (χ0) is 10.6. The first-order valence-electron chi connectivity index (χ1n) is 5.01. The van der Waals surface area contributed by atoms with E-state index in [1.807, 2.05) is 25.1 Å². The number of aryl methyl sites for hydroxylation is 2. The highest BCUT2D eigenvalue weighted by molar-refractivity contribution is 5.96. The summed E-state index contributed by atoms with van der Waals surface area (Å²) in [4.78, 5) is 11.5. The Balaban J connectivity index is 2.91. The number of hydrogen-bond acceptors (Lipinski definition) is 2. The van der Waals surface area contributed by atoms with Gasteiger partial charge in [-0.1, -0.05) is 19.1 Å². The van der Waals surface area contributed by atoms with E-state index in [1.165, 1.54) is 11.1 Å². The lowest BCUT2D eigenvalue weighted by molar-refractivity contribution is 0.0985. The molecule has 2 heteroatoms. The van der Waals surface area contributed by atoms with Crippen molar-refractivity contribution in [3.63, 3.8) is 0 Å². The molecule has 0 fully saturated rings. The Morgan fingerprint density at radius 3 is 2.64 bits per heavy atom. The molecule has 0 aliphatic rings. The molecule has 2 nitrogen and oxygen atoms in total. The Kier molecular flexibility index (Phi) is 3.84. The van der Waals surface area contributed by atoms with Crippen molar-refractivity contribution in [2.75, 3.05) is 6.54 Å². The van der Waals surface area contributed by atoms with E-state index in [0.717, 1.165) is 12.0 Å². The molecular weight excluding hydrogens is 174 g/mol. The van der Waals surface area contributed by atoms with Crippen molar-refractivity contribution < 1.29 is 4.79 Å². The third-order valence-corrected chi connectivity index (χ3v) is 2.42. The standard InChI is InChI=1S/C12H17NO/c1-3-10-4-5-11(8-9(10)2)12(14)6-7-13/h4-5,8H,3,6-7,13H2,1-2H3. The number of hydrogen-bond donors (Lipinski definition) is 1. The van der Waals surface area contributed by atoms with E-state index in [0.29, 0.717) is 13.0 Å². The molecule has 1 rings (SSSR count). The number of carbonyl (C=O) groups excluding carboxylic acids is 1. The third-order valence-electron chi connectivity index (χ3n) is 2.42. The second kappa shape index (κ2) is 4.91. The van der Waals surface area contributed by atoms with Gasteiger partial charge in [0.25, 0.3) is 0 Å². The molecule has 0 bridgehead atoms. The summed E-state index contributed by atoms with van der Waals surface area (Å²) in [5.41, 5.74) is 8.61. The number of ketones is 1. The average Bonchev–Trinajstić information content (AvgIpc) is 2.18. The highest BCUT2D eigenvalue weighted by Crippen LogP contribution is 2.12. The molecule has 76 valence electrons. The van der Waals surface area contributed by atoms with Crippen LogP contribution in [0.15, 0.2) is 18.2 Å². The summed E-state index contributed by atoms with van der Waals surface area (Å²) in [5.74, 6) is 0.137. The lowest BCUT2D eigenvalue weighted by atomic mass is 10.00. The van der Waals surface area contributed by atoms with E-state index >= 15 is 0 Å². The predicted octanol–water partition coefficient (Wildman–Crippen LogP) is 2.09. The van der Waals surface area contributed by atoms with Crippen molar-refractivity contribution >= 4 is 5.78 Å². The fourth-order valence-electron chi connectivity index (χ4n) is 1.54. The minimum absolute atomic E-state index is 0.137. The maximum absolute atomic E-state index is 11.5. The first kappa shape index (κ1) is 10.9. The van der Waals surface area contributed by atoms with Crippen LogP contribution in [0.2, 0.25) is 0 Å². The van der Waals surface area contributed by atoms with Crippen LogP contribution in [0.1, 0.15) is 34.8 Å². The molecule has 0 spiro atoms. The Morgan fingerprint density at radius 1 is 1.43 bits per heavy atom. The van der Waals surface area contributed by atoms with Crippen LogP contribution < -0.4 is 5.73 Å². The van der Waals surface area contributed by atoms with E-state index in [-0.39, 0.29) is 5.78 Å². The van der Waals surface area contributed by atoms with Gasteiger partial charge in [-0.2, -0.15) is 0 Å². The van der Waals surface area contributed by atoms with Crippen LogP contribution >= 0.6 is 0 Å². The third kappa shape index (κ3) is 2.42. The van der Waals surface area contributed by atoms with Crippen LogP contribution in [0.3, 0.4) is 0 Å². The predicted molar refractivity (Wildman–Crippen MR) is 58.6 cm³/mol. The summed E-state index contributed by atoms with van der Waals surface area (Å²) >= 11 is 0. The van der Waals surface area contributed by atoms with Gasteiger partial charge in [-0.3, -0.25) is 4.79 Å². The highest BCUT2D eigenvalue weighted by atomic mass is 16.1. The van der Waals surface area contributed by atoms with Gasteiger partial charge in [0.15, 0.2) is 5.78 Å². The molecule has 1 aromatic rings. The van der Waals surface area contributed by atoms with Gasteiger partial charge in [0, 0.05) is 12.0 Å². The van der Waals surface area contributed by atoms with Crippen LogP contribution in [0.25, 0.3) is 0 Å². The van der Waals surface area contributed by atoms with Crippen molar-refractivity contribution in [3.05, 3.63) is 34.9 Å². The Labute approximate surface area is 85.1 Å². The zero-order valence-electron chi connectivity index (χ0n) is 8.84. The summed E-state index contributed by atoms with van der Waals surface area (Å²) in [5, 5.41) is 0. The minimum Gasteiger partial charge on any atom is -0.330 e. The highest BCUT2D eigenvalue weighted by Gasteiger charge is 2.05. The molecule has 2 N–H and O–H groups in total. The first-order chi connectivity index (χ1) is 6.69. The number of nitrogens with two attached hydrogens (primary N) is 1. The van der Waals surface area contributed by atoms with Gasteiger partial charge in [0.1, 0.15) is 0 Å². The minimum atomic E-state index is 0.137. The second-order valence-electron chi connectivity index (χ2n) is 3.46.